The molecule has 1 aliphatic heterocycles. The Hall–Kier alpha value is -2.16. The molecule has 2 aromatic carbocycles. The lowest BCUT2D eigenvalue weighted by molar-refractivity contribution is 0.171. The summed E-state index contributed by atoms with van der Waals surface area (Å²) in [6.45, 7) is 3.64. The molecule has 3 rings (SSSR count). The number of rotatable bonds is 8. The first-order valence-corrected chi connectivity index (χ1v) is 9.26. The first-order chi connectivity index (χ1) is 12.2. The van der Waals surface area contributed by atoms with Gasteiger partial charge < -0.3 is 14.2 Å². The Morgan fingerprint density at radius 1 is 0.920 bits per heavy atom. The van der Waals surface area contributed by atoms with E-state index in [9.17, 15) is 0 Å². The van der Waals surface area contributed by atoms with Gasteiger partial charge in [-0.2, -0.15) is 0 Å². The summed E-state index contributed by atoms with van der Waals surface area (Å²) in [6, 6.07) is 14.8. The normalized spacial score (nSPS) is 14.2. The number of aryl methyl sites for hydroxylation is 1. The molecule has 1 atom stereocenters. The molecule has 0 fully saturated rings. The Balaban J connectivity index is 1.39. The molecule has 1 unspecified atom stereocenters. The zero-order chi connectivity index (χ0) is 17.5. The molecule has 0 saturated heterocycles. The van der Waals surface area contributed by atoms with Gasteiger partial charge in [0.25, 0.3) is 0 Å². The SMILES string of the molecule is COc1ccc(CCCCC(C)Cc2ccc3c(c2)OCCO3)cc1. The molecule has 0 radical (unpaired) electrons. The van der Waals surface area contributed by atoms with Crippen LogP contribution in [0.4, 0.5) is 0 Å². The zero-order valence-corrected chi connectivity index (χ0v) is 15.3. The first-order valence-electron chi connectivity index (χ1n) is 9.26. The molecule has 3 nitrogen and oxygen atoms in total. The fourth-order valence-electron chi connectivity index (χ4n) is 3.33. The van der Waals surface area contributed by atoms with Gasteiger partial charge in [0.2, 0.25) is 0 Å². The lowest BCUT2D eigenvalue weighted by atomic mass is 9.94. The van der Waals surface area contributed by atoms with Crippen LogP contribution in [0.2, 0.25) is 0 Å². The maximum absolute atomic E-state index is 5.68. The third kappa shape index (κ3) is 5.15. The standard InChI is InChI=1S/C22H28O3/c1-17(5-3-4-6-18-7-10-20(23-2)11-8-18)15-19-9-12-21-22(16-19)25-14-13-24-21/h7-12,16-17H,3-6,13-15H2,1-2H3. The smallest absolute Gasteiger partial charge is 0.161 e. The van der Waals surface area contributed by atoms with Gasteiger partial charge in [0.05, 0.1) is 7.11 Å². The van der Waals surface area contributed by atoms with Crippen LogP contribution in [0.1, 0.15) is 37.3 Å². The molecule has 2 aromatic rings. The number of unbranched alkanes of at least 4 members (excludes halogenated alkanes) is 1. The van der Waals surface area contributed by atoms with Crippen molar-refractivity contribution in [3.8, 4) is 17.2 Å². The third-order valence-corrected chi connectivity index (χ3v) is 4.76. The van der Waals surface area contributed by atoms with Crippen LogP contribution in [0.25, 0.3) is 0 Å². The van der Waals surface area contributed by atoms with Gasteiger partial charge in [-0.1, -0.05) is 38.0 Å². The molecule has 0 bridgehead atoms. The fraction of sp³-hybridized carbons (Fsp3) is 0.455. The molecule has 0 N–H and O–H groups in total. The Labute approximate surface area is 150 Å². The summed E-state index contributed by atoms with van der Waals surface area (Å²) in [4.78, 5) is 0. The number of hydrogen-bond donors (Lipinski definition) is 0. The monoisotopic (exact) mass is 340 g/mol. The second-order valence-electron chi connectivity index (χ2n) is 6.88. The number of benzene rings is 2. The zero-order valence-electron chi connectivity index (χ0n) is 15.3. The minimum atomic E-state index is 0.650. The quantitative estimate of drug-likeness (QED) is 0.629. The number of ether oxygens (including phenoxy) is 3. The lowest BCUT2D eigenvalue weighted by Gasteiger charge is -2.19. The van der Waals surface area contributed by atoms with Crippen molar-refractivity contribution < 1.29 is 14.2 Å². The van der Waals surface area contributed by atoms with Crippen molar-refractivity contribution in [2.45, 2.75) is 39.0 Å². The van der Waals surface area contributed by atoms with Crippen LogP contribution in [0.3, 0.4) is 0 Å². The van der Waals surface area contributed by atoms with Crippen LogP contribution in [0.5, 0.6) is 17.2 Å². The van der Waals surface area contributed by atoms with Crippen molar-refractivity contribution >= 4 is 0 Å². The van der Waals surface area contributed by atoms with Gasteiger partial charge in [-0.25, -0.2) is 0 Å². The largest absolute Gasteiger partial charge is 0.497 e. The van der Waals surface area contributed by atoms with E-state index in [-0.39, 0.29) is 0 Å². The Morgan fingerprint density at radius 2 is 1.64 bits per heavy atom. The number of fused-ring (bicyclic) bond motifs is 1. The molecule has 0 aliphatic carbocycles. The molecule has 0 spiro atoms. The van der Waals surface area contributed by atoms with Crippen molar-refractivity contribution in [1.82, 2.24) is 0 Å². The summed E-state index contributed by atoms with van der Waals surface area (Å²) < 4.78 is 16.5. The van der Waals surface area contributed by atoms with E-state index >= 15 is 0 Å². The van der Waals surface area contributed by atoms with E-state index < -0.39 is 0 Å². The summed E-state index contributed by atoms with van der Waals surface area (Å²) in [7, 11) is 1.71. The van der Waals surface area contributed by atoms with E-state index in [0.29, 0.717) is 19.1 Å². The van der Waals surface area contributed by atoms with E-state index in [2.05, 4.69) is 31.2 Å². The average molecular weight is 340 g/mol. The molecule has 1 aliphatic rings. The van der Waals surface area contributed by atoms with E-state index in [1.165, 1.54) is 30.4 Å². The summed E-state index contributed by atoms with van der Waals surface area (Å²) in [5.74, 6) is 3.38. The maximum Gasteiger partial charge on any atom is 0.161 e. The second kappa shape index (κ2) is 8.80. The van der Waals surface area contributed by atoms with Gasteiger partial charge >= 0.3 is 0 Å². The van der Waals surface area contributed by atoms with E-state index in [1.807, 2.05) is 18.2 Å². The van der Waals surface area contributed by atoms with Crippen molar-refractivity contribution in [2.24, 2.45) is 5.92 Å². The van der Waals surface area contributed by atoms with Gasteiger partial charge in [0.1, 0.15) is 19.0 Å². The summed E-state index contributed by atoms with van der Waals surface area (Å²) in [5.41, 5.74) is 2.73. The minimum Gasteiger partial charge on any atom is -0.497 e. The molecule has 0 amide bonds. The Bertz CT molecular complexity index is 663. The Kier molecular flexibility index (Phi) is 6.21. The average Bonchev–Trinajstić information content (AvgIpc) is 2.65. The van der Waals surface area contributed by atoms with Gasteiger partial charge in [-0.15, -0.1) is 0 Å². The predicted octanol–water partition coefficient (Wildman–Crippen LogP) is 5.06. The highest BCUT2D eigenvalue weighted by atomic mass is 16.6. The molecule has 0 saturated carbocycles. The van der Waals surface area contributed by atoms with E-state index in [1.54, 1.807) is 7.11 Å². The van der Waals surface area contributed by atoms with E-state index in [4.69, 9.17) is 14.2 Å². The predicted molar refractivity (Wildman–Crippen MR) is 101 cm³/mol. The Morgan fingerprint density at radius 3 is 2.40 bits per heavy atom. The fourth-order valence-corrected chi connectivity index (χ4v) is 3.33. The molecular weight excluding hydrogens is 312 g/mol. The number of methoxy groups -OCH3 is 1. The van der Waals surface area contributed by atoms with Gasteiger partial charge in [0, 0.05) is 0 Å². The minimum absolute atomic E-state index is 0.650. The highest BCUT2D eigenvalue weighted by Crippen LogP contribution is 2.31. The summed E-state index contributed by atoms with van der Waals surface area (Å²) in [5, 5.41) is 0. The van der Waals surface area contributed by atoms with E-state index in [0.717, 1.165) is 30.1 Å². The molecule has 3 heteroatoms. The van der Waals surface area contributed by atoms with Crippen molar-refractivity contribution in [1.29, 1.82) is 0 Å². The van der Waals surface area contributed by atoms with Crippen molar-refractivity contribution in [3.63, 3.8) is 0 Å². The van der Waals surface area contributed by atoms with Crippen LogP contribution in [-0.2, 0) is 12.8 Å². The first kappa shape index (κ1) is 17.7. The second-order valence-corrected chi connectivity index (χ2v) is 6.88. The highest BCUT2D eigenvalue weighted by molar-refractivity contribution is 5.43. The van der Waals surface area contributed by atoms with Crippen LogP contribution in [0.15, 0.2) is 42.5 Å². The van der Waals surface area contributed by atoms with Gasteiger partial charge in [0.15, 0.2) is 11.5 Å². The lowest BCUT2D eigenvalue weighted by Crippen LogP contribution is -2.15. The molecule has 134 valence electrons. The van der Waals surface area contributed by atoms with Crippen LogP contribution < -0.4 is 14.2 Å². The van der Waals surface area contributed by atoms with Gasteiger partial charge in [-0.05, 0) is 60.6 Å². The van der Waals surface area contributed by atoms with Crippen LogP contribution in [0, 0.1) is 5.92 Å². The van der Waals surface area contributed by atoms with Crippen LogP contribution in [-0.4, -0.2) is 20.3 Å². The topological polar surface area (TPSA) is 27.7 Å². The molecule has 25 heavy (non-hydrogen) atoms. The molecular formula is C22H28O3. The summed E-state index contributed by atoms with van der Waals surface area (Å²) >= 11 is 0. The highest BCUT2D eigenvalue weighted by Gasteiger charge is 2.13. The van der Waals surface area contributed by atoms with Crippen molar-refractivity contribution in [3.05, 3.63) is 53.6 Å². The maximum atomic E-state index is 5.68. The number of hydrogen-bond acceptors (Lipinski definition) is 3. The molecule has 1 heterocycles. The third-order valence-electron chi connectivity index (χ3n) is 4.76. The van der Waals surface area contributed by atoms with Gasteiger partial charge in [-0.3, -0.25) is 0 Å². The summed E-state index contributed by atoms with van der Waals surface area (Å²) in [6.07, 6.45) is 5.99. The van der Waals surface area contributed by atoms with Crippen molar-refractivity contribution in [2.75, 3.05) is 20.3 Å². The van der Waals surface area contributed by atoms with Crippen LogP contribution >= 0.6 is 0 Å². The molecule has 0 aromatic heterocycles.